The van der Waals surface area contributed by atoms with Crippen molar-refractivity contribution in [3.63, 3.8) is 0 Å². The molecule has 0 unspecified atom stereocenters. The van der Waals surface area contributed by atoms with Crippen LogP contribution in [0.25, 0.3) is 10.9 Å². The summed E-state index contributed by atoms with van der Waals surface area (Å²) in [6, 6.07) is 4.64. The Morgan fingerprint density at radius 3 is 2.82 bits per heavy atom. The molecule has 1 aliphatic carbocycles. The highest BCUT2D eigenvalue weighted by Crippen LogP contribution is 2.32. The number of nitrogens with zero attached hydrogens (tertiary/aromatic N) is 1. The van der Waals surface area contributed by atoms with Crippen LogP contribution >= 0.6 is 11.6 Å². The number of hydrogen-bond donors (Lipinski definition) is 0. The molecule has 0 saturated heterocycles. The summed E-state index contributed by atoms with van der Waals surface area (Å²) in [5, 5.41) is 1.64. The first kappa shape index (κ1) is 11.0. The van der Waals surface area contributed by atoms with E-state index in [9.17, 15) is 4.39 Å². The quantitative estimate of drug-likeness (QED) is 0.635. The summed E-state index contributed by atoms with van der Waals surface area (Å²) < 4.78 is 13.2. The second-order valence-electron chi connectivity index (χ2n) is 4.57. The molecule has 1 aromatic heterocycles. The fourth-order valence-electron chi connectivity index (χ4n) is 2.52. The maximum atomic E-state index is 13.2. The lowest BCUT2D eigenvalue weighted by Gasteiger charge is -2.10. The van der Waals surface area contributed by atoms with Gasteiger partial charge in [-0.25, -0.2) is 4.39 Å². The Morgan fingerprint density at radius 1 is 1.12 bits per heavy atom. The van der Waals surface area contributed by atoms with E-state index >= 15 is 0 Å². The van der Waals surface area contributed by atoms with Crippen molar-refractivity contribution in [2.45, 2.75) is 32.1 Å². The molecular formula is C14H13ClFN. The molecule has 2 aromatic rings. The molecular weight excluding hydrogens is 237 g/mol. The second-order valence-corrected chi connectivity index (χ2v) is 4.95. The highest BCUT2D eigenvalue weighted by molar-refractivity contribution is 6.36. The number of benzene rings is 1. The maximum Gasteiger partial charge on any atom is 0.125 e. The molecule has 3 heteroatoms. The van der Waals surface area contributed by atoms with Crippen LogP contribution in [0.1, 0.15) is 30.5 Å². The lowest BCUT2D eigenvalue weighted by molar-refractivity contribution is 0.629. The molecule has 88 valence electrons. The van der Waals surface area contributed by atoms with Crippen molar-refractivity contribution in [2.75, 3.05) is 0 Å². The fraction of sp³-hybridized carbons (Fsp3) is 0.357. The van der Waals surface area contributed by atoms with Crippen LogP contribution in [0.4, 0.5) is 4.39 Å². The van der Waals surface area contributed by atoms with Crippen LogP contribution < -0.4 is 0 Å². The van der Waals surface area contributed by atoms with Gasteiger partial charge in [0, 0.05) is 17.1 Å². The van der Waals surface area contributed by atoms with Crippen LogP contribution in [0.5, 0.6) is 0 Å². The van der Waals surface area contributed by atoms with Crippen LogP contribution in [0.2, 0.25) is 5.02 Å². The van der Waals surface area contributed by atoms with Crippen molar-refractivity contribution in [3.8, 4) is 0 Å². The average molecular weight is 250 g/mol. The van der Waals surface area contributed by atoms with Gasteiger partial charge >= 0.3 is 0 Å². The number of rotatable bonds is 0. The topological polar surface area (TPSA) is 12.9 Å². The Hall–Kier alpha value is -1.15. The van der Waals surface area contributed by atoms with Crippen LogP contribution in [0.15, 0.2) is 18.2 Å². The van der Waals surface area contributed by atoms with Crippen LogP contribution in [0, 0.1) is 5.82 Å². The minimum Gasteiger partial charge on any atom is -0.252 e. The Labute approximate surface area is 105 Å². The normalized spacial score (nSPS) is 15.6. The lowest BCUT2D eigenvalue weighted by Crippen LogP contribution is -1.98. The van der Waals surface area contributed by atoms with Gasteiger partial charge < -0.3 is 0 Å². The predicted octanol–water partition coefficient (Wildman–Crippen LogP) is 4.30. The summed E-state index contributed by atoms with van der Waals surface area (Å²) in [5.41, 5.74) is 2.91. The molecule has 0 saturated carbocycles. The van der Waals surface area contributed by atoms with Gasteiger partial charge in [-0.05, 0) is 43.4 Å². The minimum atomic E-state index is -0.255. The lowest BCUT2D eigenvalue weighted by atomic mass is 10.1. The van der Waals surface area contributed by atoms with Crippen molar-refractivity contribution >= 4 is 22.5 Å². The van der Waals surface area contributed by atoms with Gasteiger partial charge in [-0.3, -0.25) is 4.98 Å². The fourth-order valence-corrected chi connectivity index (χ4v) is 2.88. The third-order valence-corrected chi connectivity index (χ3v) is 3.84. The van der Waals surface area contributed by atoms with Gasteiger partial charge in [-0.15, -0.1) is 0 Å². The first-order valence-electron chi connectivity index (χ1n) is 6.02. The van der Waals surface area contributed by atoms with Crippen molar-refractivity contribution in [1.29, 1.82) is 0 Å². The molecule has 1 aromatic carbocycles. The van der Waals surface area contributed by atoms with E-state index in [4.69, 9.17) is 11.6 Å². The summed E-state index contributed by atoms with van der Waals surface area (Å²) in [7, 11) is 0. The predicted molar refractivity (Wildman–Crippen MR) is 68.0 cm³/mol. The largest absolute Gasteiger partial charge is 0.252 e. The summed E-state index contributed by atoms with van der Waals surface area (Å²) >= 11 is 6.42. The summed E-state index contributed by atoms with van der Waals surface area (Å²) in [4.78, 5) is 4.57. The molecule has 17 heavy (non-hydrogen) atoms. The third kappa shape index (κ3) is 1.91. The van der Waals surface area contributed by atoms with Gasteiger partial charge in [0.25, 0.3) is 0 Å². The van der Waals surface area contributed by atoms with Gasteiger partial charge in [0.05, 0.1) is 10.5 Å². The van der Waals surface area contributed by atoms with E-state index in [0.29, 0.717) is 5.52 Å². The molecule has 0 radical (unpaired) electrons. The van der Waals surface area contributed by atoms with Crippen LogP contribution in [-0.2, 0) is 12.8 Å². The van der Waals surface area contributed by atoms with Crippen LogP contribution in [0.3, 0.4) is 0 Å². The van der Waals surface area contributed by atoms with Gasteiger partial charge in [0.2, 0.25) is 0 Å². The highest BCUT2D eigenvalue weighted by Gasteiger charge is 2.15. The Balaban J connectivity index is 2.29. The summed E-state index contributed by atoms with van der Waals surface area (Å²) in [5.74, 6) is -0.255. The second kappa shape index (κ2) is 4.26. The van der Waals surface area contributed by atoms with Crippen molar-refractivity contribution in [3.05, 3.63) is 40.3 Å². The number of hydrogen-bond acceptors (Lipinski definition) is 1. The van der Waals surface area contributed by atoms with E-state index in [1.807, 2.05) is 0 Å². The number of aryl methyl sites for hydroxylation is 1. The smallest absolute Gasteiger partial charge is 0.125 e. The molecule has 0 fully saturated rings. The first-order valence-corrected chi connectivity index (χ1v) is 6.40. The Morgan fingerprint density at radius 2 is 1.94 bits per heavy atom. The molecule has 1 heterocycles. The van der Waals surface area contributed by atoms with Gasteiger partial charge in [-0.1, -0.05) is 18.0 Å². The molecule has 3 rings (SSSR count). The summed E-state index contributed by atoms with van der Waals surface area (Å²) in [6.45, 7) is 0. The van der Waals surface area contributed by atoms with E-state index in [1.54, 1.807) is 6.07 Å². The molecule has 1 nitrogen and oxygen atoms in total. The standard InChI is InChI=1S/C14H13ClFN/c15-14-10-4-2-1-3-5-12(10)17-13-8-9(16)6-7-11(13)14/h6-8H,1-5H2. The van der Waals surface area contributed by atoms with Crippen molar-refractivity contribution < 1.29 is 4.39 Å². The van der Waals surface area contributed by atoms with Crippen molar-refractivity contribution in [1.82, 2.24) is 4.98 Å². The summed E-state index contributed by atoms with van der Waals surface area (Å²) in [6.07, 6.45) is 5.49. The molecule has 0 bridgehead atoms. The van der Waals surface area contributed by atoms with E-state index < -0.39 is 0 Å². The zero-order chi connectivity index (χ0) is 11.8. The molecule has 1 aliphatic rings. The molecule has 0 amide bonds. The first-order chi connectivity index (χ1) is 8.25. The van der Waals surface area contributed by atoms with E-state index in [0.717, 1.165) is 35.4 Å². The maximum absolute atomic E-state index is 13.2. The van der Waals surface area contributed by atoms with E-state index in [2.05, 4.69) is 4.98 Å². The molecule has 0 N–H and O–H groups in total. The van der Waals surface area contributed by atoms with Crippen molar-refractivity contribution in [2.24, 2.45) is 0 Å². The minimum absolute atomic E-state index is 0.255. The van der Waals surface area contributed by atoms with E-state index in [-0.39, 0.29) is 5.82 Å². The third-order valence-electron chi connectivity index (χ3n) is 3.41. The number of fused-ring (bicyclic) bond motifs is 2. The van der Waals surface area contributed by atoms with Gasteiger partial charge in [0.15, 0.2) is 0 Å². The number of aromatic nitrogens is 1. The Kier molecular flexibility index (Phi) is 2.75. The number of pyridine rings is 1. The molecule has 0 atom stereocenters. The SMILES string of the molecule is Fc1ccc2c(Cl)c3c(nc2c1)CCCCC3. The molecule has 0 spiro atoms. The van der Waals surface area contributed by atoms with Gasteiger partial charge in [-0.2, -0.15) is 0 Å². The number of halogens is 2. The highest BCUT2D eigenvalue weighted by atomic mass is 35.5. The Bertz CT molecular complexity index is 580. The van der Waals surface area contributed by atoms with E-state index in [1.165, 1.54) is 30.5 Å². The van der Waals surface area contributed by atoms with Gasteiger partial charge in [0.1, 0.15) is 5.82 Å². The zero-order valence-electron chi connectivity index (χ0n) is 9.47. The average Bonchev–Trinajstić information content (AvgIpc) is 2.54. The van der Waals surface area contributed by atoms with Crippen LogP contribution in [-0.4, -0.2) is 4.98 Å². The monoisotopic (exact) mass is 249 g/mol. The zero-order valence-corrected chi connectivity index (χ0v) is 10.2. The molecule has 0 aliphatic heterocycles.